The maximum Gasteiger partial charge on any atom is 0.179 e. The first-order valence-corrected chi connectivity index (χ1v) is 9.48. The molecule has 1 aromatic heterocycles. The van der Waals surface area contributed by atoms with Crippen molar-refractivity contribution in [3.63, 3.8) is 0 Å². The standard InChI is InChI=1S/C20H27ClN4O2/c1-24-7-9-25(10-8-24)20-16(5-4-6-23-20)14-22-13-15-11-17(21)19(27-3)18(12-15)26-2/h4-6,11-12,22H,7-10,13-14H2,1-3H3. The molecule has 0 spiro atoms. The molecule has 27 heavy (non-hydrogen) atoms. The Balaban J connectivity index is 1.65. The van der Waals surface area contributed by atoms with Crippen LogP contribution in [0.25, 0.3) is 0 Å². The van der Waals surface area contributed by atoms with E-state index < -0.39 is 0 Å². The predicted octanol–water partition coefficient (Wildman–Crippen LogP) is 2.79. The van der Waals surface area contributed by atoms with Crippen LogP contribution in [0.3, 0.4) is 0 Å². The highest BCUT2D eigenvalue weighted by atomic mass is 35.5. The molecule has 1 N–H and O–H groups in total. The molecule has 3 rings (SSSR count). The molecule has 1 aliphatic heterocycles. The van der Waals surface area contributed by atoms with E-state index in [0.29, 0.717) is 23.1 Å². The van der Waals surface area contributed by atoms with Crippen LogP contribution in [0.4, 0.5) is 5.82 Å². The average Bonchev–Trinajstić information content (AvgIpc) is 2.68. The summed E-state index contributed by atoms with van der Waals surface area (Å²) in [5.41, 5.74) is 2.25. The van der Waals surface area contributed by atoms with E-state index in [-0.39, 0.29) is 0 Å². The predicted molar refractivity (Wildman–Crippen MR) is 109 cm³/mol. The number of aromatic nitrogens is 1. The number of piperazine rings is 1. The Kier molecular flexibility index (Phi) is 6.77. The van der Waals surface area contributed by atoms with Gasteiger partial charge in [-0.15, -0.1) is 0 Å². The molecule has 146 valence electrons. The number of hydrogen-bond acceptors (Lipinski definition) is 6. The number of hydrogen-bond donors (Lipinski definition) is 1. The Morgan fingerprint density at radius 1 is 1.11 bits per heavy atom. The van der Waals surface area contributed by atoms with Gasteiger partial charge in [-0.2, -0.15) is 0 Å². The highest BCUT2D eigenvalue weighted by Gasteiger charge is 2.18. The van der Waals surface area contributed by atoms with Gasteiger partial charge in [0.25, 0.3) is 0 Å². The van der Waals surface area contributed by atoms with Crippen molar-refractivity contribution in [1.29, 1.82) is 0 Å². The monoisotopic (exact) mass is 390 g/mol. The molecule has 0 atom stereocenters. The van der Waals surface area contributed by atoms with Gasteiger partial charge in [-0.05, 0) is 30.8 Å². The molecule has 6 nitrogen and oxygen atoms in total. The first kappa shape index (κ1) is 19.7. The van der Waals surface area contributed by atoms with Crippen LogP contribution in [0, 0.1) is 0 Å². The summed E-state index contributed by atoms with van der Waals surface area (Å²) in [6.45, 7) is 5.55. The quantitative estimate of drug-likeness (QED) is 0.784. The molecule has 1 aromatic carbocycles. The second-order valence-electron chi connectivity index (χ2n) is 6.69. The SMILES string of the molecule is COc1cc(CNCc2cccnc2N2CCN(C)CC2)cc(Cl)c1OC. The zero-order valence-electron chi connectivity index (χ0n) is 16.2. The molecule has 1 aliphatic rings. The van der Waals surface area contributed by atoms with Gasteiger partial charge in [0.05, 0.1) is 19.2 Å². The van der Waals surface area contributed by atoms with E-state index in [2.05, 4.69) is 33.2 Å². The minimum atomic E-state index is 0.549. The molecule has 1 saturated heterocycles. The van der Waals surface area contributed by atoms with Crippen molar-refractivity contribution >= 4 is 17.4 Å². The molecule has 0 unspecified atom stereocenters. The van der Waals surface area contributed by atoms with Crippen molar-refractivity contribution in [3.05, 3.63) is 46.6 Å². The van der Waals surface area contributed by atoms with E-state index >= 15 is 0 Å². The van der Waals surface area contributed by atoms with Crippen LogP contribution in [0.5, 0.6) is 11.5 Å². The molecule has 0 aliphatic carbocycles. The second-order valence-corrected chi connectivity index (χ2v) is 7.10. The number of ether oxygens (including phenoxy) is 2. The van der Waals surface area contributed by atoms with Gasteiger partial charge in [-0.1, -0.05) is 17.7 Å². The number of pyridine rings is 1. The number of likely N-dealkylation sites (N-methyl/N-ethyl adjacent to an activating group) is 1. The Morgan fingerprint density at radius 3 is 2.59 bits per heavy atom. The summed E-state index contributed by atoms with van der Waals surface area (Å²) in [7, 11) is 5.36. The van der Waals surface area contributed by atoms with E-state index in [1.807, 2.05) is 24.4 Å². The molecule has 2 heterocycles. The summed E-state index contributed by atoms with van der Waals surface area (Å²) in [6.07, 6.45) is 1.87. The van der Waals surface area contributed by atoms with Crippen molar-refractivity contribution in [3.8, 4) is 11.5 Å². The Labute approximate surface area is 166 Å². The van der Waals surface area contributed by atoms with Crippen molar-refractivity contribution in [1.82, 2.24) is 15.2 Å². The molecule has 2 aromatic rings. The van der Waals surface area contributed by atoms with Crippen LogP contribution in [0.2, 0.25) is 5.02 Å². The van der Waals surface area contributed by atoms with Gasteiger partial charge in [0, 0.05) is 51.0 Å². The van der Waals surface area contributed by atoms with Crippen LogP contribution in [-0.4, -0.2) is 57.3 Å². The lowest BCUT2D eigenvalue weighted by molar-refractivity contribution is 0.311. The second kappa shape index (κ2) is 9.26. The molecular formula is C20H27ClN4O2. The van der Waals surface area contributed by atoms with Crippen molar-refractivity contribution in [2.45, 2.75) is 13.1 Å². The van der Waals surface area contributed by atoms with Gasteiger partial charge < -0.3 is 24.6 Å². The fraction of sp³-hybridized carbons (Fsp3) is 0.450. The first-order chi connectivity index (χ1) is 13.1. The maximum absolute atomic E-state index is 6.29. The van der Waals surface area contributed by atoms with Crippen molar-refractivity contribution in [2.24, 2.45) is 0 Å². The highest BCUT2D eigenvalue weighted by molar-refractivity contribution is 6.32. The normalized spacial score (nSPS) is 15.0. The van der Waals surface area contributed by atoms with Crippen molar-refractivity contribution < 1.29 is 9.47 Å². The molecule has 0 radical (unpaired) electrons. The molecular weight excluding hydrogens is 364 g/mol. The molecule has 0 amide bonds. The Morgan fingerprint density at radius 2 is 1.89 bits per heavy atom. The fourth-order valence-electron chi connectivity index (χ4n) is 3.29. The summed E-state index contributed by atoms with van der Waals surface area (Å²) in [6, 6.07) is 7.97. The lowest BCUT2D eigenvalue weighted by Gasteiger charge is -2.34. The van der Waals surface area contributed by atoms with E-state index in [1.54, 1.807) is 14.2 Å². The van der Waals surface area contributed by atoms with E-state index in [4.69, 9.17) is 21.1 Å². The topological polar surface area (TPSA) is 49.9 Å². The largest absolute Gasteiger partial charge is 0.493 e. The van der Waals surface area contributed by atoms with E-state index in [0.717, 1.165) is 44.1 Å². The number of rotatable bonds is 7. The van der Waals surface area contributed by atoms with Gasteiger partial charge in [-0.3, -0.25) is 0 Å². The van der Waals surface area contributed by atoms with Crippen LogP contribution < -0.4 is 19.7 Å². The average molecular weight is 391 g/mol. The third-order valence-electron chi connectivity index (χ3n) is 4.81. The zero-order valence-corrected chi connectivity index (χ0v) is 16.9. The smallest absolute Gasteiger partial charge is 0.179 e. The van der Waals surface area contributed by atoms with Crippen molar-refractivity contribution in [2.75, 3.05) is 52.3 Å². The molecule has 0 bridgehead atoms. The van der Waals surface area contributed by atoms with Crippen LogP contribution in [-0.2, 0) is 13.1 Å². The van der Waals surface area contributed by atoms with Gasteiger partial charge in [0.2, 0.25) is 0 Å². The maximum atomic E-state index is 6.29. The highest BCUT2D eigenvalue weighted by Crippen LogP contribution is 2.36. The fourth-order valence-corrected chi connectivity index (χ4v) is 3.60. The van der Waals surface area contributed by atoms with Gasteiger partial charge in [0.1, 0.15) is 5.82 Å². The summed E-state index contributed by atoms with van der Waals surface area (Å²) >= 11 is 6.29. The lowest BCUT2D eigenvalue weighted by atomic mass is 10.1. The van der Waals surface area contributed by atoms with Gasteiger partial charge in [0.15, 0.2) is 11.5 Å². The first-order valence-electron chi connectivity index (χ1n) is 9.11. The number of nitrogens with zero attached hydrogens (tertiary/aromatic N) is 3. The number of benzene rings is 1. The number of nitrogens with one attached hydrogen (secondary N) is 1. The Bertz CT molecular complexity index is 764. The summed E-state index contributed by atoms with van der Waals surface area (Å²) < 4.78 is 10.7. The third kappa shape index (κ3) is 4.83. The minimum Gasteiger partial charge on any atom is -0.493 e. The van der Waals surface area contributed by atoms with Crippen LogP contribution >= 0.6 is 11.6 Å². The van der Waals surface area contributed by atoms with E-state index in [1.165, 1.54) is 5.56 Å². The number of methoxy groups -OCH3 is 2. The zero-order chi connectivity index (χ0) is 19.2. The lowest BCUT2D eigenvalue weighted by Crippen LogP contribution is -2.45. The van der Waals surface area contributed by atoms with Gasteiger partial charge >= 0.3 is 0 Å². The Hall–Kier alpha value is -2.02. The third-order valence-corrected chi connectivity index (χ3v) is 5.09. The summed E-state index contributed by atoms with van der Waals surface area (Å²) in [5.74, 6) is 2.28. The number of anilines is 1. The van der Waals surface area contributed by atoms with Crippen LogP contribution in [0.1, 0.15) is 11.1 Å². The van der Waals surface area contributed by atoms with E-state index in [9.17, 15) is 0 Å². The van der Waals surface area contributed by atoms with Gasteiger partial charge in [-0.25, -0.2) is 4.98 Å². The van der Waals surface area contributed by atoms with Crippen LogP contribution in [0.15, 0.2) is 30.5 Å². The molecule has 7 heteroatoms. The molecule has 0 saturated carbocycles. The summed E-state index contributed by atoms with van der Waals surface area (Å²) in [5, 5.41) is 4.04. The summed E-state index contributed by atoms with van der Waals surface area (Å²) in [4.78, 5) is 9.34. The minimum absolute atomic E-state index is 0.549. The molecule has 1 fully saturated rings. The number of halogens is 1.